The van der Waals surface area contributed by atoms with Crippen LogP contribution in [0.15, 0.2) is 39.5 Å². The van der Waals surface area contributed by atoms with Crippen LogP contribution in [0.1, 0.15) is 34.8 Å². The first kappa shape index (κ1) is 15.7. The summed E-state index contributed by atoms with van der Waals surface area (Å²) in [5, 5.41) is 0. The number of aromatic amines is 2. The number of amides is 1. The zero-order valence-corrected chi connectivity index (χ0v) is 13.9. The van der Waals surface area contributed by atoms with E-state index in [2.05, 4.69) is 9.97 Å². The number of aryl methyl sites for hydroxylation is 1. The van der Waals surface area contributed by atoms with Gasteiger partial charge >= 0.3 is 5.69 Å². The third-order valence-corrected chi connectivity index (χ3v) is 4.51. The highest BCUT2D eigenvalue weighted by molar-refractivity contribution is 5.97. The lowest BCUT2D eigenvalue weighted by atomic mass is 10.1. The van der Waals surface area contributed by atoms with Gasteiger partial charge in [-0.15, -0.1) is 0 Å². The Morgan fingerprint density at radius 3 is 2.88 bits per heavy atom. The van der Waals surface area contributed by atoms with Gasteiger partial charge in [0.1, 0.15) is 17.6 Å². The summed E-state index contributed by atoms with van der Waals surface area (Å²) in [6.07, 6.45) is 0.805. The third-order valence-electron chi connectivity index (χ3n) is 4.51. The number of H-pyrrole nitrogens is 2. The van der Waals surface area contributed by atoms with Gasteiger partial charge in [0, 0.05) is 18.5 Å². The van der Waals surface area contributed by atoms with Crippen LogP contribution in [0.3, 0.4) is 0 Å². The number of hydrogen-bond donors (Lipinski definition) is 2. The van der Waals surface area contributed by atoms with E-state index in [0.29, 0.717) is 36.4 Å². The third kappa shape index (κ3) is 2.87. The molecule has 1 aliphatic heterocycles. The Labute approximate surface area is 143 Å². The topological polar surface area (TPSA) is 91.3 Å². The van der Waals surface area contributed by atoms with Crippen LogP contribution in [0.2, 0.25) is 0 Å². The van der Waals surface area contributed by atoms with Gasteiger partial charge in [0.15, 0.2) is 0 Å². The van der Waals surface area contributed by atoms with Gasteiger partial charge in [0.05, 0.1) is 24.2 Å². The molecule has 4 rings (SSSR count). The monoisotopic (exact) mass is 341 g/mol. The van der Waals surface area contributed by atoms with Crippen molar-refractivity contribution in [2.75, 3.05) is 19.8 Å². The molecule has 25 heavy (non-hydrogen) atoms. The first-order valence-electron chi connectivity index (χ1n) is 8.35. The molecule has 1 amide bonds. The standard InChI is InChI=1S/C18H19N3O4/c1-2-12-4-6-16(25-12)15-10-24-8-7-21(15)17(22)11-3-5-13-14(9-11)20-18(23)19-13/h3-6,9,15H,2,7-8,10H2,1H3,(H2,19,20,23)/t15-/m0/s1. The van der Waals surface area contributed by atoms with Crippen molar-refractivity contribution in [3.8, 4) is 0 Å². The Hall–Kier alpha value is -2.80. The predicted octanol–water partition coefficient (Wildman–Crippen LogP) is 2.23. The van der Waals surface area contributed by atoms with E-state index in [-0.39, 0.29) is 17.6 Å². The van der Waals surface area contributed by atoms with Crippen LogP contribution in [0.4, 0.5) is 0 Å². The zero-order chi connectivity index (χ0) is 17.4. The summed E-state index contributed by atoms with van der Waals surface area (Å²) < 4.78 is 11.4. The van der Waals surface area contributed by atoms with Crippen LogP contribution in [0.5, 0.6) is 0 Å². The van der Waals surface area contributed by atoms with Crippen LogP contribution < -0.4 is 5.69 Å². The van der Waals surface area contributed by atoms with Crippen molar-refractivity contribution in [3.05, 3.63) is 57.9 Å². The average Bonchev–Trinajstić information content (AvgIpc) is 3.25. The van der Waals surface area contributed by atoms with Gasteiger partial charge in [-0.1, -0.05) is 6.92 Å². The molecule has 0 radical (unpaired) electrons. The maximum absolute atomic E-state index is 13.0. The zero-order valence-electron chi connectivity index (χ0n) is 13.9. The van der Waals surface area contributed by atoms with E-state index in [0.717, 1.165) is 17.9 Å². The molecule has 1 fully saturated rings. The lowest BCUT2D eigenvalue weighted by Crippen LogP contribution is -2.43. The van der Waals surface area contributed by atoms with Crippen molar-refractivity contribution >= 4 is 16.9 Å². The highest BCUT2D eigenvalue weighted by Gasteiger charge is 2.31. The molecule has 2 N–H and O–H groups in total. The molecule has 130 valence electrons. The van der Waals surface area contributed by atoms with Gasteiger partial charge in [-0.2, -0.15) is 0 Å². The SMILES string of the molecule is CCc1ccc([C@@H]2COCCN2C(=O)c2ccc3[nH]c(=O)[nH]c3c2)o1. The Morgan fingerprint density at radius 2 is 2.08 bits per heavy atom. The summed E-state index contributed by atoms with van der Waals surface area (Å²) in [5.41, 5.74) is 1.54. The van der Waals surface area contributed by atoms with Crippen molar-refractivity contribution in [1.82, 2.24) is 14.9 Å². The molecule has 0 saturated carbocycles. The van der Waals surface area contributed by atoms with Gasteiger partial charge in [-0.05, 0) is 30.3 Å². The van der Waals surface area contributed by atoms with Crippen LogP contribution in [0.25, 0.3) is 11.0 Å². The quantitative estimate of drug-likeness (QED) is 0.764. The summed E-state index contributed by atoms with van der Waals surface area (Å²) in [6, 6.07) is 8.75. The molecule has 1 saturated heterocycles. The van der Waals surface area contributed by atoms with Gasteiger partial charge in [-0.3, -0.25) is 4.79 Å². The van der Waals surface area contributed by atoms with Crippen LogP contribution >= 0.6 is 0 Å². The number of carbonyl (C=O) groups is 1. The number of furan rings is 1. The number of ether oxygens (including phenoxy) is 1. The average molecular weight is 341 g/mol. The number of carbonyl (C=O) groups excluding carboxylic acids is 1. The Bertz CT molecular complexity index is 968. The maximum atomic E-state index is 13.0. The van der Waals surface area contributed by atoms with E-state index in [1.165, 1.54) is 0 Å². The molecule has 2 aromatic heterocycles. The largest absolute Gasteiger partial charge is 0.464 e. The van der Waals surface area contributed by atoms with Crippen molar-refractivity contribution in [1.29, 1.82) is 0 Å². The second kappa shape index (κ2) is 6.25. The second-order valence-electron chi connectivity index (χ2n) is 6.09. The summed E-state index contributed by atoms with van der Waals surface area (Å²) in [4.78, 5) is 31.6. The molecule has 0 spiro atoms. The van der Waals surface area contributed by atoms with E-state index >= 15 is 0 Å². The van der Waals surface area contributed by atoms with E-state index in [9.17, 15) is 9.59 Å². The molecular weight excluding hydrogens is 322 g/mol. The number of rotatable bonds is 3. The molecule has 1 aliphatic rings. The molecule has 0 unspecified atom stereocenters. The van der Waals surface area contributed by atoms with Crippen molar-refractivity contribution in [2.24, 2.45) is 0 Å². The lowest BCUT2D eigenvalue weighted by molar-refractivity contribution is -0.00900. The van der Waals surface area contributed by atoms with Gasteiger partial charge < -0.3 is 24.0 Å². The van der Waals surface area contributed by atoms with Gasteiger partial charge in [0.25, 0.3) is 5.91 Å². The number of benzene rings is 1. The molecule has 1 atom stereocenters. The minimum atomic E-state index is -0.286. The molecule has 0 bridgehead atoms. The fourth-order valence-corrected chi connectivity index (χ4v) is 3.18. The first-order valence-corrected chi connectivity index (χ1v) is 8.35. The van der Waals surface area contributed by atoms with Crippen LogP contribution in [-0.2, 0) is 11.2 Å². The number of imidazole rings is 1. The van der Waals surface area contributed by atoms with Gasteiger partial charge in [-0.25, -0.2) is 4.79 Å². The molecule has 3 aromatic rings. The maximum Gasteiger partial charge on any atom is 0.323 e. The number of fused-ring (bicyclic) bond motifs is 1. The minimum Gasteiger partial charge on any atom is -0.464 e. The fourth-order valence-electron chi connectivity index (χ4n) is 3.18. The smallest absolute Gasteiger partial charge is 0.323 e. The highest BCUT2D eigenvalue weighted by atomic mass is 16.5. The normalized spacial score (nSPS) is 18.0. The predicted molar refractivity (Wildman–Crippen MR) is 91.6 cm³/mol. The number of aromatic nitrogens is 2. The van der Waals surface area contributed by atoms with Crippen molar-refractivity contribution in [3.63, 3.8) is 0 Å². The summed E-state index contributed by atoms with van der Waals surface area (Å²) in [6.45, 7) is 3.42. The Morgan fingerprint density at radius 1 is 1.24 bits per heavy atom. The Kier molecular flexibility index (Phi) is 3.93. The number of nitrogens with zero attached hydrogens (tertiary/aromatic N) is 1. The van der Waals surface area contributed by atoms with Crippen LogP contribution in [-0.4, -0.2) is 40.5 Å². The molecule has 1 aromatic carbocycles. The van der Waals surface area contributed by atoms with E-state index in [4.69, 9.17) is 9.15 Å². The number of nitrogens with one attached hydrogen (secondary N) is 2. The van der Waals surface area contributed by atoms with Crippen molar-refractivity contribution in [2.45, 2.75) is 19.4 Å². The first-order chi connectivity index (χ1) is 12.2. The molecule has 7 nitrogen and oxygen atoms in total. The van der Waals surface area contributed by atoms with E-state index in [1.807, 2.05) is 19.1 Å². The molecule has 7 heteroatoms. The lowest BCUT2D eigenvalue weighted by Gasteiger charge is -2.34. The van der Waals surface area contributed by atoms with Crippen LogP contribution in [0, 0.1) is 0 Å². The second-order valence-corrected chi connectivity index (χ2v) is 6.09. The Balaban J connectivity index is 1.66. The fraction of sp³-hybridized carbons (Fsp3) is 0.333. The minimum absolute atomic E-state index is 0.105. The van der Waals surface area contributed by atoms with Crippen molar-refractivity contribution < 1.29 is 13.9 Å². The summed E-state index contributed by atoms with van der Waals surface area (Å²) in [5.74, 6) is 1.52. The number of morpholine rings is 1. The molecule has 0 aliphatic carbocycles. The van der Waals surface area contributed by atoms with E-state index < -0.39 is 0 Å². The highest BCUT2D eigenvalue weighted by Crippen LogP contribution is 2.28. The summed E-state index contributed by atoms with van der Waals surface area (Å²) in [7, 11) is 0. The number of hydrogen-bond acceptors (Lipinski definition) is 4. The summed E-state index contributed by atoms with van der Waals surface area (Å²) >= 11 is 0. The molecule has 3 heterocycles. The van der Waals surface area contributed by atoms with Gasteiger partial charge in [0.2, 0.25) is 0 Å². The van der Waals surface area contributed by atoms with E-state index in [1.54, 1.807) is 23.1 Å². The molecular formula is C18H19N3O4.